The molecule has 0 saturated carbocycles. The predicted octanol–water partition coefficient (Wildman–Crippen LogP) is 2.30. The molecular weight excluding hydrogens is 196 g/mol. The first-order chi connectivity index (χ1) is 6.86. The van der Waals surface area contributed by atoms with Crippen LogP contribution < -0.4 is 0 Å². The van der Waals surface area contributed by atoms with E-state index in [2.05, 4.69) is 21.8 Å². The zero-order valence-electron chi connectivity index (χ0n) is 7.57. The van der Waals surface area contributed by atoms with Gasteiger partial charge < -0.3 is 0 Å². The van der Waals surface area contributed by atoms with Crippen LogP contribution in [-0.2, 0) is 0 Å². The predicted molar refractivity (Wildman–Crippen MR) is 57.7 cm³/mol. The normalized spacial score (nSPS) is 19.6. The molecule has 0 aromatic carbocycles. The van der Waals surface area contributed by atoms with Gasteiger partial charge in [-0.2, -0.15) is 0 Å². The Bertz CT molecular complexity index is 415. The minimum Gasteiger partial charge on any atom is -0.284 e. The van der Waals surface area contributed by atoms with Crippen LogP contribution in [0.15, 0.2) is 23.3 Å². The third-order valence-electron chi connectivity index (χ3n) is 2.15. The van der Waals surface area contributed by atoms with Crippen LogP contribution in [0, 0.1) is 11.8 Å². The first kappa shape index (κ1) is 9.23. The first-order valence-corrected chi connectivity index (χ1v) is 4.82. The Morgan fingerprint density at radius 2 is 2.43 bits per heavy atom. The van der Waals surface area contributed by atoms with Crippen molar-refractivity contribution in [3.8, 4) is 11.8 Å². The van der Waals surface area contributed by atoms with Crippen molar-refractivity contribution in [2.45, 2.75) is 12.3 Å². The maximum absolute atomic E-state index is 5.82. The SMILES string of the molecule is Clc1cc([C@@H]2CC#CC=NC2)ccn1. The topological polar surface area (TPSA) is 25.2 Å². The van der Waals surface area contributed by atoms with Crippen LogP contribution in [-0.4, -0.2) is 17.7 Å². The fraction of sp³-hybridized carbons (Fsp3) is 0.273. The molecule has 0 saturated heterocycles. The van der Waals surface area contributed by atoms with E-state index in [-0.39, 0.29) is 0 Å². The fourth-order valence-corrected chi connectivity index (χ4v) is 1.59. The van der Waals surface area contributed by atoms with Crippen LogP contribution in [0.4, 0.5) is 0 Å². The van der Waals surface area contributed by atoms with E-state index in [0.717, 1.165) is 13.0 Å². The van der Waals surface area contributed by atoms with Gasteiger partial charge in [-0.3, -0.25) is 4.99 Å². The van der Waals surface area contributed by atoms with Gasteiger partial charge in [0.05, 0.1) is 6.21 Å². The largest absolute Gasteiger partial charge is 0.284 e. The van der Waals surface area contributed by atoms with Gasteiger partial charge >= 0.3 is 0 Å². The average molecular weight is 205 g/mol. The first-order valence-electron chi connectivity index (χ1n) is 4.44. The standard InChI is InChI=1S/C11H9ClN2/c12-11-7-9(4-6-14-11)10-3-1-2-5-13-8-10/h4-7,10H,3,8H2/t10-/m1/s1. The summed E-state index contributed by atoms with van der Waals surface area (Å²) >= 11 is 5.82. The monoisotopic (exact) mass is 204 g/mol. The third-order valence-corrected chi connectivity index (χ3v) is 2.36. The van der Waals surface area contributed by atoms with Gasteiger partial charge in [0.25, 0.3) is 0 Å². The van der Waals surface area contributed by atoms with E-state index in [1.54, 1.807) is 12.4 Å². The second kappa shape index (κ2) is 4.26. The molecule has 2 heterocycles. The van der Waals surface area contributed by atoms with E-state index < -0.39 is 0 Å². The lowest BCUT2D eigenvalue weighted by Crippen LogP contribution is -2.01. The molecule has 2 nitrogen and oxygen atoms in total. The van der Waals surface area contributed by atoms with E-state index in [1.807, 2.05) is 12.1 Å². The summed E-state index contributed by atoms with van der Waals surface area (Å²) in [5, 5.41) is 0.531. The Balaban J connectivity index is 2.23. The molecule has 3 heteroatoms. The van der Waals surface area contributed by atoms with Crippen LogP contribution in [0.5, 0.6) is 0 Å². The van der Waals surface area contributed by atoms with E-state index in [9.17, 15) is 0 Å². The van der Waals surface area contributed by atoms with Gasteiger partial charge in [0, 0.05) is 25.1 Å². The molecule has 2 rings (SSSR count). The summed E-state index contributed by atoms with van der Waals surface area (Å²) in [4.78, 5) is 8.15. The second-order valence-corrected chi connectivity index (χ2v) is 3.52. The summed E-state index contributed by atoms with van der Waals surface area (Å²) < 4.78 is 0. The number of aromatic nitrogens is 1. The number of pyridine rings is 1. The van der Waals surface area contributed by atoms with Gasteiger partial charge in [-0.1, -0.05) is 23.4 Å². The molecule has 1 aromatic heterocycles. The van der Waals surface area contributed by atoms with Crippen molar-refractivity contribution < 1.29 is 0 Å². The van der Waals surface area contributed by atoms with Crippen molar-refractivity contribution in [1.29, 1.82) is 0 Å². The van der Waals surface area contributed by atoms with Crippen molar-refractivity contribution in [1.82, 2.24) is 4.98 Å². The molecule has 0 bridgehead atoms. The van der Waals surface area contributed by atoms with Crippen molar-refractivity contribution in [2.24, 2.45) is 4.99 Å². The third kappa shape index (κ3) is 2.12. The molecule has 1 aliphatic heterocycles. The van der Waals surface area contributed by atoms with Crippen LogP contribution in [0.1, 0.15) is 17.9 Å². The number of aliphatic imine (C=N–C) groups is 1. The van der Waals surface area contributed by atoms with Crippen molar-refractivity contribution >= 4 is 17.8 Å². The van der Waals surface area contributed by atoms with Gasteiger partial charge in [-0.05, 0) is 17.7 Å². The summed E-state index contributed by atoms with van der Waals surface area (Å²) in [7, 11) is 0. The zero-order chi connectivity index (χ0) is 9.80. The zero-order valence-corrected chi connectivity index (χ0v) is 8.33. The van der Waals surface area contributed by atoms with Crippen LogP contribution in [0.25, 0.3) is 0 Å². The Labute approximate surface area is 88.0 Å². The maximum atomic E-state index is 5.82. The highest BCUT2D eigenvalue weighted by atomic mass is 35.5. The number of hydrogen-bond acceptors (Lipinski definition) is 2. The quantitative estimate of drug-likeness (QED) is 0.509. The van der Waals surface area contributed by atoms with E-state index in [1.165, 1.54) is 5.56 Å². The second-order valence-electron chi connectivity index (χ2n) is 3.13. The van der Waals surface area contributed by atoms with Crippen LogP contribution in [0.3, 0.4) is 0 Å². The van der Waals surface area contributed by atoms with Crippen LogP contribution >= 0.6 is 11.6 Å². The molecule has 1 aliphatic rings. The Morgan fingerprint density at radius 1 is 1.50 bits per heavy atom. The Kier molecular flexibility index (Phi) is 2.81. The van der Waals surface area contributed by atoms with Crippen molar-refractivity contribution in [3.05, 3.63) is 29.0 Å². The summed E-state index contributed by atoms with van der Waals surface area (Å²) in [6, 6.07) is 3.85. The minimum absolute atomic E-state index is 0.349. The Hall–Kier alpha value is -1.33. The molecule has 1 atom stereocenters. The van der Waals surface area contributed by atoms with Crippen molar-refractivity contribution in [2.75, 3.05) is 6.54 Å². The van der Waals surface area contributed by atoms with E-state index >= 15 is 0 Å². The molecular formula is C11H9ClN2. The summed E-state index contributed by atoms with van der Waals surface area (Å²) in [5.41, 5.74) is 1.17. The van der Waals surface area contributed by atoms with Gasteiger partial charge in [0.2, 0.25) is 0 Å². The molecule has 0 amide bonds. The summed E-state index contributed by atoms with van der Waals surface area (Å²) in [5.74, 6) is 6.27. The maximum Gasteiger partial charge on any atom is 0.129 e. The lowest BCUT2D eigenvalue weighted by atomic mass is 9.97. The van der Waals surface area contributed by atoms with Gasteiger partial charge in [0.1, 0.15) is 5.15 Å². The highest BCUT2D eigenvalue weighted by Gasteiger charge is 2.10. The molecule has 14 heavy (non-hydrogen) atoms. The van der Waals surface area contributed by atoms with Crippen LogP contribution in [0.2, 0.25) is 5.15 Å². The van der Waals surface area contributed by atoms with Crippen molar-refractivity contribution in [3.63, 3.8) is 0 Å². The molecule has 70 valence electrons. The molecule has 0 radical (unpaired) electrons. The fourth-order valence-electron chi connectivity index (χ4n) is 1.41. The average Bonchev–Trinajstić information content (AvgIpc) is 2.45. The highest BCUT2D eigenvalue weighted by Crippen LogP contribution is 2.21. The molecule has 0 spiro atoms. The lowest BCUT2D eigenvalue weighted by Gasteiger charge is -2.10. The molecule has 0 unspecified atom stereocenters. The van der Waals surface area contributed by atoms with Gasteiger partial charge in [-0.25, -0.2) is 4.98 Å². The molecule has 0 fully saturated rings. The molecule has 0 N–H and O–H groups in total. The molecule has 0 aliphatic carbocycles. The smallest absolute Gasteiger partial charge is 0.129 e. The van der Waals surface area contributed by atoms with E-state index in [4.69, 9.17) is 11.6 Å². The summed E-state index contributed by atoms with van der Waals surface area (Å²) in [6.45, 7) is 0.764. The number of hydrogen-bond donors (Lipinski definition) is 0. The number of halogens is 1. The highest BCUT2D eigenvalue weighted by molar-refractivity contribution is 6.29. The van der Waals surface area contributed by atoms with E-state index in [0.29, 0.717) is 11.1 Å². The molecule has 1 aromatic rings. The summed E-state index contributed by atoms with van der Waals surface area (Å²) in [6.07, 6.45) is 4.23. The van der Waals surface area contributed by atoms with Gasteiger partial charge in [-0.15, -0.1) is 0 Å². The lowest BCUT2D eigenvalue weighted by molar-refractivity contribution is 0.726. The Morgan fingerprint density at radius 3 is 3.29 bits per heavy atom. The van der Waals surface area contributed by atoms with Gasteiger partial charge in [0.15, 0.2) is 0 Å². The number of nitrogens with zero attached hydrogens (tertiary/aromatic N) is 2. The number of rotatable bonds is 1. The minimum atomic E-state index is 0.349.